The van der Waals surface area contributed by atoms with Crippen LogP contribution >= 0.6 is 22.6 Å². The third kappa shape index (κ3) is 5.60. The third-order valence-corrected chi connectivity index (χ3v) is 4.99. The molecule has 2 aromatic rings. The molecule has 1 aliphatic heterocycles. The van der Waals surface area contributed by atoms with Gasteiger partial charge in [-0.1, -0.05) is 17.7 Å². The quantitative estimate of drug-likeness (QED) is 0.297. The molecule has 1 heterocycles. The van der Waals surface area contributed by atoms with Crippen molar-refractivity contribution in [2.45, 2.75) is 6.92 Å². The monoisotopic (exact) mass is 535 g/mol. The van der Waals surface area contributed by atoms with E-state index in [2.05, 4.69) is 5.32 Å². The first-order valence-electron chi connectivity index (χ1n) is 9.02. The van der Waals surface area contributed by atoms with Crippen LogP contribution in [0, 0.1) is 10.5 Å². The Balaban J connectivity index is 1.75. The second-order valence-electron chi connectivity index (χ2n) is 6.53. The molecule has 0 saturated carbocycles. The second-order valence-corrected chi connectivity index (χ2v) is 7.69. The molecule has 3 rings (SSSR count). The normalized spacial score (nSPS) is 13.3. The van der Waals surface area contributed by atoms with Crippen LogP contribution in [0.15, 0.2) is 42.0 Å². The lowest BCUT2D eigenvalue weighted by Crippen LogP contribution is -2.51. The van der Waals surface area contributed by atoms with Crippen molar-refractivity contribution in [3.05, 3.63) is 56.7 Å². The highest BCUT2D eigenvalue weighted by molar-refractivity contribution is 14.1. The first-order valence-corrected chi connectivity index (χ1v) is 10.1. The molecule has 0 aromatic heterocycles. The van der Waals surface area contributed by atoms with Crippen molar-refractivity contribution in [3.63, 3.8) is 0 Å². The SMILES string of the molecule is COc1cc(C=C2C(=O)NC(=O)NC2=O)cc(I)c1OCC(=O)Nc1ccc(C)cc1. The molecule has 0 aliphatic carbocycles. The molecule has 5 amide bonds. The van der Waals surface area contributed by atoms with Crippen LogP contribution in [-0.2, 0) is 14.4 Å². The molecule has 0 atom stereocenters. The Labute approximate surface area is 191 Å². The highest BCUT2D eigenvalue weighted by Crippen LogP contribution is 2.34. The molecular formula is C21H18IN3O6. The summed E-state index contributed by atoms with van der Waals surface area (Å²) >= 11 is 2.00. The molecule has 1 saturated heterocycles. The van der Waals surface area contributed by atoms with E-state index in [-0.39, 0.29) is 18.1 Å². The summed E-state index contributed by atoms with van der Waals surface area (Å²) in [7, 11) is 1.43. The van der Waals surface area contributed by atoms with Crippen molar-refractivity contribution >= 4 is 58.1 Å². The molecule has 0 spiro atoms. The summed E-state index contributed by atoms with van der Waals surface area (Å²) < 4.78 is 11.6. The van der Waals surface area contributed by atoms with Crippen LogP contribution in [0.2, 0.25) is 0 Å². The fourth-order valence-electron chi connectivity index (χ4n) is 2.71. The second kappa shape index (κ2) is 9.60. The number of benzene rings is 2. The van der Waals surface area contributed by atoms with Crippen molar-refractivity contribution in [2.24, 2.45) is 0 Å². The van der Waals surface area contributed by atoms with E-state index in [1.54, 1.807) is 24.3 Å². The molecule has 0 bridgehead atoms. The van der Waals surface area contributed by atoms with Crippen LogP contribution in [0.1, 0.15) is 11.1 Å². The van der Waals surface area contributed by atoms with Gasteiger partial charge in [0, 0.05) is 5.69 Å². The van der Waals surface area contributed by atoms with Gasteiger partial charge in [0.1, 0.15) is 5.57 Å². The van der Waals surface area contributed by atoms with Gasteiger partial charge in [-0.3, -0.25) is 25.0 Å². The van der Waals surface area contributed by atoms with Gasteiger partial charge in [0.05, 0.1) is 10.7 Å². The number of anilines is 1. The minimum Gasteiger partial charge on any atom is -0.493 e. The topological polar surface area (TPSA) is 123 Å². The number of imide groups is 2. The minimum absolute atomic E-state index is 0.219. The number of carbonyl (C=O) groups excluding carboxylic acids is 4. The highest BCUT2D eigenvalue weighted by Gasteiger charge is 2.28. The van der Waals surface area contributed by atoms with E-state index >= 15 is 0 Å². The fraction of sp³-hybridized carbons (Fsp3) is 0.143. The number of nitrogens with one attached hydrogen (secondary N) is 3. The Bertz CT molecular complexity index is 1070. The number of aryl methyl sites for hydroxylation is 1. The van der Waals surface area contributed by atoms with Gasteiger partial charge in [-0.05, 0) is 65.4 Å². The van der Waals surface area contributed by atoms with Crippen molar-refractivity contribution in [3.8, 4) is 11.5 Å². The average Bonchev–Trinajstić information content (AvgIpc) is 2.71. The molecule has 10 heteroatoms. The number of rotatable bonds is 6. The van der Waals surface area contributed by atoms with Gasteiger partial charge in [0.25, 0.3) is 17.7 Å². The number of carbonyl (C=O) groups is 4. The predicted octanol–water partition coefficient (Wildman–Crippen LogP) is 2.38. The Morgan fingerprint density at radius 1 is 1.10 bits per heavy atom. The van der Waals surface area contributed by atoms with Crippen molar-refractivity contribution < 1.29 is 28.7 Å². The molecule has 1 aliphatic rings. The molecule has 9 nitrogen and oxygen atoms in total. The number of barbiturate groups is 1. The number of urea groups is 1. The van der Waals surface area contributed by atoms with E-state index in [1.807, 2.05) is 52.3 Å². The zero-order valence-electron chi connectivity index (χ0n) is 16.6. The lowest BCUT2D eigenvalue weighted by atomic mass is 10.1. The Morgan fingerprint density at radius 2 is 1.74 bits per heavy atom. The lowest BCUT2D eigenvalue weighted by Gasteiger charge is -2.16. The maximum absolute atomic E-state index is 12.2. The van der Waals surface area contributed by atoms with E-state index in [4.69, 9.17) is 9.47 Å². The van der Waals surface area contributed by atoms with Gasteiger partial charge in [-0.25, -0.2) is 4.79 Å². The number of methoxy groups -OCH3 is 1. The van der Waals surface area contributed by atoms with E-state index in [9.17, 15) is 19.2 Å². The molecule has 3 N–H and O–H groups in total. The van der Waals surface area contributed by atoms with Gasteiger partial charge in [0.15, 0.2) is 18.1 Å². The van der Waals surface area contributed by atoms with Crippen LogP contribution < -0.4 is 25.4 Å². The average molecular weight is 535 g/mol. The molecule has 0 radical (unpaired) electrons. The molecular weight excluding hydrogens is 517 g/mol. The van der Waals surface area contributed by atoms with Crippen molar-refractivity contribution in [1.29, 1.82) is 0 Å². The van der Waals surface area contributed by atoms with E-state index in [0.717, 1.165) is 5.56 Å². The maximum Gasteiger partial charge on any atom is 0.328 e. The van der Waals surface area contributed by atoms with Crippen LogP contribution in [0.3, 0.4) is 0 Å². The molecule has 2 aromatic carbocycles. The number of hydrogen-bond donors (Lipinski definition) is 3. The maximum atomic E-state index is 12.2. The summed E-state index contributed by atoms with van der Waals surface area (Å²) in [4.78, 5) is 47.2. The summed E-state index contributed by atoms with van der Waals surface area (Å²) in [6.45, 7) is 1.71. The summed E-state index contributed by atoms with van der Waals surface area (Å²) in [5, 5.41) is 6.76. The van der Waals surface area contributed by atoms with Crippen LogP contribution in [0.4, 0.5) is 10.5 Å². The number of amides is 5. The van der Waals surface area contributed by atoms with Gasteiger partial charge in [-0.15, -0.1) is 0 Å². The molecule has 31 heavy (non-hydrogen) atoms. The van der Waals surface area contributed by atoms with Crippen molar-refractivity contribution in [1.82, 2.24) is 10.6 Å². The van der Waals surface area contributed by atoms with Gasteiger partial charge in [0.2, 0.25) is 0 Å². The molecule has 0 unspecified atom stereocenters. The largest absolute Gasteiger partial charge is 0.493 e. The van der Waals surface area contributed by atoms with Gasteiger partial charge < -0.3 is 14.8 Å². The first kappa shape index (κ1) is 22.3. The third-order valence-electron chi connectivity index (χ3n) is 4.19. The minimum atomic E-state index is -0.869. The predicted molar refractivity (Wildman–Crippen MR) is 121 cm³/mol. The van der Waals surface area contributed by atoms with Crippen LogP contribution in [0.25, 0.3) is 6.08 Å². The highest BCUT2D eigenvalue weighted by atomic mass is 127. The fourth-order valence-corrected chi connectivity index (χ4v) is 3.49. The Hall–Kier alpha value is -3.41. The number of hydrogen-bond acceptors (Lipinski definition) is 6. The van der Waals surface area contributed by atoms with E-state index in [1.165, 1.54) is 13.2 Å². The Morgan fingerprint density at radius 3 is 2.35 bits per heavy atom. The smallest absolute Gasteiger partial charge is 0.328 e. The lowest BCUT2D eigenvalue weighted by molar-refractivity contribution is -0.124. The van der Waals surface area contributed by atoms with Gasteiger partial charge in [-0.2, -0.15) is 0 Å². The number of halogens is 1. The van der Waals surface area contributed by atoms with Crippen molar-refractivity contribution in [2.75, 3.05) is 19.0 Å². The standard InChI is InChI=1S/C21H18IN3O6/c1-11-3-5-13(6-4-11)23-17(26)10-31-18-15(22)8-12(9-16(18)30-2)7-14-19(27)24-21(29)25-20(14)28/h3-9H,10H2,1-2H3,(H,23,26)(H2,24,25,27,28,29). The Kier molecular flexibility index (Phi) is 6.90. The van der Waals surface area contributed by atoms with Crippen LogP contribution in [-0.4, -0.2) is 37.5 Å². The molecule has 160 valence electrons. The summed E-state index contributed by atoms with van der Waals surface area (Å²) in [5.74, 6) is -1.27. The summed E-state index contributed by atoms with van der Waals surface area (Å²) in [6, 6.07) is 9.71. The summed E-state index contributed by atoms with van der Waals surface area (Å²) in [5.41, 5.74) is 2.00. The zero-order valence-corrected chi connectivity index (χ0v) is 18.7. The van der Waals surface area contributed by atoms with Gasteiger partial charge >= 0.3 is 6.03 Å². The number of ether oxygens (including phenoxy) is 2. The first-order chi connectivity index (χ1) is 14.8. The molecule has 1 fully saturated rings. The zero-order chi connectivity index (χ0) is 22.5. The van der Waals surface area contributed by atoms with E-state index < -0.39 is 17.8 Å². The summed E-state index contributed by atoms with van der Waals surface area (Å²) in [6.07, 6.45) is 1.33. The van der Waals surface area contributed by atoms with Crippen LogP contribution in [0.5, 0.6) is 11.5 Å². The van der Waals surface area contributed by atoms with E-state index in [0.29, 0.717) is 26.3 Å².